The molecule has 7 heteroatoms. The van der Waals surface area contributed by atoms with Gasteiger partial charge in [-0.2, -0.15) is 13.2 Å². The molecule has 2 rings (SSSR count). The molecule has 0 radical (unpaired) electrons. The van der Waals surface area contributed by atoms with E-state index in [2.05, 4.69) is 10.6 Å². The number of benzene rings is 1. The molecule has 1 aromatic rings. The molecule has 1 fully saturated rings. The lowest BCUT2D eigenvalue weighted by molar-refractivity contribution is -0.140. The van der Waals surface area contributed by atoms with Gasteiger partial charge in [0.25, 0.3) is 5.91 Å². The van der Waals surface area contributed by atoms with Gasteiger partial charge in [0.2, 0.25) is 0 Å². The van der Waals surface area contributed by atoms with Crippen LogP contribution in [0.5, 0.6) is 5.75 Å². The van der Waals surface area contributed by atoms with E-state index in [1.54, 1.807) is 0 Å². The molecule has 1 saturated heterocycles. The van der Waals surface area contributed by atoms with Crippen LogP contribution in [0.3, 0.4) is 0 Å². The number of amides is 1. The zero-order chi connectivity index (χ0) is 17.0. The molecule has 1 aromatic carbocycles. The summed E-state index contributed by atoms with van der Waals surface area (Å²) in [4.78, 5) is 12.2. The second-order valence-corrected chi connectivity index (χ2v) is 5.84. The number of nitrogens with one attached hydrogen (secondary N) is 2. The molecule has 3 unspecified atom stereocenters. The predicted octanol–water partition coefficient (Wildman–Crippen LogP) is 2.59. The Morgan fingerprint density at radius 2 is 2.09 bits per heavy atom. The third-order valence-electron chi connectivity index (χ3n) is 4.02. The molecule has 23 heavy (non-hydrogen) atoms. The fraction of sp³-hybridized carbons (Fsp3) is 0.562. The first-order valence-electron chi connectivity index (χ1n) is 7.63. The van der Waals surface area contributed by atoms with Gasteiger partial charge in [-0.1, -0.05) is 19.1 Å². The minimum Gasteiger partial charge on any atom is -0.480 e. The number of rotatable bonds is 4. The van der Waals surface area contributed by atoms with Crippen molar-refractivity contribution in [3.8, 4) is 5.75 Å². The highest BCUT2D eigenvalue weighted by molar-refractivity contribution is 5.81. The molecule has 128 valence electrons. The molecule has 0 aliphatic carbocycles. The highest BCUT2D eigenvalue weighted by Gasteiger charge is 2.35. The molecular formula is C16H21F3N2O2. The monoisotopic (exact) mass is 330 g/mol. The zero-order valence-electron chi connectivity index (χ0n) is 13.1. The summed E-state index contributed by atoms with van der Waals surface area (Å²) in [6.45, 7) is 5.04. The molecule has 2 N–H and O–H groups in total. The molecule has 0 bridgehead atoms. The average Bonchev–Trinajstić information content (AvgIpc) is 2.49. The van der Waals surface area contributed by atoms with Crippen molar-refractivity contribution < 1.29 is 22.7 Å². The Morgan fingerprint density at radius 1 is 1.39 bits per heavy atom. The molecule has 1 amide bonds. The van der Waals surface area contributed by atoms with Crippen LogP contribution in [0, 0.1) is 5.92 Å². The summed E-state index contributed by atoms with van der Waals surface area (Å²) in [5, 5.41) is 6.02. The number of alkyl halides is 3. The van der Waals surface area contributed by atoms with Gasteiger partial charge in [0, 0.05) is 12.6 Å². The van der Waals surface area contributed by atoms with Crippen molar-refractivity contribution in [2.75, 3.05) is 13.1 Å². The number of carbonyl (C=O) groups is 1. The third kappa shape index (κ3) is 4.60. The topological polar surface area (TPSA) is 50.4 Å². The summed E-state index contributed by atoms with van der Waals surface area (Å²) in [6.07, 6.45) is -4.58. The Morgan fingerprint density at radius 3 is 2.74 bits per heavy atom. The van der Waals surface area contributed by atoms with E-state index in [9.17, 15) is 18.0 Å². The van der Waals surface area contributed by atoms with Gasteiger partial charge in [-0.05, 0) is 37.9 Å². The van der Waals surface area contributed by atoms with E-state index in [-0.39, 0.29) is 11.8 Å². The van der Waals surface area contributed by atoms with Crippen LogP contribution in [0.4, 0.5) is 13.2 Å². The maximum atomic E-state index is 12.9. The van der Waals surface area contributed by atoms with Gasteiger partial charge < -0.3 is 15.4 Å². The summed E-state index contributed by atoms with van der Waals surface area (Å²) >= 11 is 0. The smallest absolute Gasteiger partial charge is 0.419 e. The van der Waals surface area contributed by atoms with E-state index < -0.39 is 23.8 Å². The molecule has 0 spiro atoms. The number of hydrogen-bond donors (Lipinski definition) is 2. The van der Waals surface area contributed by atoms with E-state index >= 15 is 0 Å². The number of halogens is 3. The minimum atomic E-state index is -4.52. The van der Waals surface area contributed by atoms with Gasteiger partial charge >= 0.3 is 6.18 Å². The van der Waals surface area contributed by atoms with Crippen molar-refractivity contribution in [2.45, 2.75) is 38.6 Å². The molecule has 3 atom stereocenters. The summed E-state index contributed by atoms with van der Waals surface area (Å²) < 4.78 is 44.1. The quantitative estimate of drug-likeness (QED) is 0.892. The predicted molar refractivity (Wildman–Crippen MR) is 80.1 cm³/mol. The number of piperidine rings is 1. The van der Waals surface area contributed by atoms with Crippen molar-refractivity contribution in [2.24, 2.45) is 5.92 Å². The number of hydrogen-bond acceptors (Lipinski definition) is 3. The normalized spacial score (nSPS) is 23.2. The van der Waals surface area contributed by atoms with Crippen molar-refractivity contribution >= 4 is 5.91 Å². The minimum absolute atomic E-state index is 0.0415. The second-order valence-electron chi connectivity index (χ2n) is 5.84. The SMILES string of the molecule is CC(Oc1ccccc1C(F)(F)F)C(=O)NC1CNCCC1C. The number of carbonyl (C=O) groups excluding carboxylic acids is 1. The van der Waals surface area contributed by atoms with Gasteiger partial charge in [0.1, 0.15) is 5.75 Å². The fourth-order valence-corrected chi connectivity index (χ4v) is 2.53. The fourth-order valence-electron chi connectivity index (χ4n) is 2.53. The van der Waals surface area contributed by atoms with Crippen LogP contribution < -0.4 is 15.4 Å². The van der Waals surface area contributed by atoms with Crippen molar-refractivity contribution in [3.63, 3.8) is 0 Å². The van der Waals surface area contributed by atoms with Crippen molar-refractivity contribution in [1.29, 1.82) is 0 Å². The summed E-state index contributed by atoms with van der Waals surface area (Å²) in [7, 11) is 0. The Balaban J connectivity index is 2.01. The lowest BCUT2D eigenvalue weighted by Gasteiger charge is -2.31. The van der Waals surface area contributed by atoms with Crippen LogP contribution in [0.2, 0.25) is 0 Å². The Bertz CT molecular complexity index is 548. The van der Waals surface area contributed by atoms with E-state index in [4.69, 9.17) is 4.74 Å². The number of para-hydroxylation sites is 1. The van der Waals surface area contributed by atoms with Crippen LogP contribution in [0.25, 0.3) is 0 Å². The standard InChI is InChI=1S/C16H21F3N2O2/c1-10-7-8-20-9-13(10)21-15(22)11(2)23-14-6-4-3-5-12(14)16(17,18)19/h3-6,10-11,13,20H,7-9H2,1-2H3,(H,21,22). The van der Waals surface area contributed by atoms with Gasteiger partial charge in [-0.15, -0.1) is 0 Å². The van der Waals surface area contributed by atoms with E-state index in [1.165, 1.54) is 25.1 Å². The lowest BCUT2D eigenvalue weighted by Crippen LogP contribution is -2.52. The van der Waals surface area contributed by atoms with Crippen LogP contribution in [-0.4, -0.2) is 31.1 Å². The lowest BCUT2D eigenvalue weighted by atomic mass is 9.94. The Hall–Kier alpha value is -1.76. The van der Waals surface area contributed by atoms with Crippen LogP contribution in [0.1, 0.15) is 25.8 Å². The first kappa shape index (κ1) is 17.6. The van der Waals surface area contributed by atoms with Crippen molar-refractivity contribution in [1.82, 2.24) is 10.6 Å². The first-order valence-corrected chi connectivity index (χ1v) is 7.63. The average molecular weight is 330 g/mol. The van der Waals surface area contributed by atoms with Gasteiger partial charge in [-0.3, -0.25) is 4.79 Å². The summed E-state index contributed by atoms with van der Waals surface area (Å²) in [6, 6.07) is 4.85. The van der Waals surface area contributed by atoms with Crippen LogP contribution >= 0.6 is 0 Å². The molecule has 1 aliphatic rings. The zero-order valence-corrected chi connectivity index (χ0v) is 13.1. The van der Waals surface area contributed by atoms with Crippen LogP contribution in [0.15, 0.2) is 24.3 Å². The molecule has 4 nitrogen and oxygen atoms in total. The summed E-state index contributed by atoms with van der Waals surface area (Å²) in [5.41, 5.74) is -0.882. The highest BCUT2D eigenvalue weighted by atomic mass is 19.4. The van der Waals surface area contributed by atoms with Gasteiger partial charge in [-0.25, -0.2) is 0 Å². The van der Waals surface area contributed by atoms with E-state index in [1.807, 2.05) is 6.92 Å². The number of ether oxygens (including phenoxy) is 1. The molecule has 0 aromatic heterocycles. The van der Waals surface area contributed by atoms with E-state index in [0.29, 0.717) is 12.5 Å². The van der Waals surface area contributed by atoms with Crippen LogP contribution in [-0.2, 0) is 11.0 Å². The molecule has 1 heterocycles. The van der Waals surface area contributed by atoms with E-state index in [0.717, 1.165) is 19.0 Å². The maximum Gasteiger partial charge on any atom is 0.419 e. The summed E-state index contributed by atoms with van der Waals surface area (Å²) in [5.74, 6) is -0.435. The third-order valence-corrected chi connectivity index (χ3v) is 4.02. The molecule has 1 aliphatic heterocycles. The largest absolute Gasteiger partial charge is 0.480 e. The Labute approximate surface area is 133 Å². The first-order chi connectivity index (χ1) is 10.8. The van der Waals surface area contributed by atoms with Crippen molar-refractivity contribution in [3.05, 3.63) is 29.8 Å². The Kier molecular flexibility index (Phi) is 5.51. The highest BCUT2D eigenvalue weighted by Crippen LogP contribution is 2.36. The second kappa shape index (κ2) is 7.21. The molecular weight excluding hydrogens is 309 g/mol. The van der Waals surface area contributed by atoms with Gasteiger partial charge in [0.15, 0.2) is 6.10 Å². The van der Waals surface area contributed by atoms with Gasteiger partial charge in [0.05, 0.1) is 5.56 Å². The maximum absolute atomic E-state index is 12.9. The molecule has 0 saturated carbocycles.